The summed E-state index contributed by atoms with van der Waals surface area (Å²) in [6, 6.07) is 27.6. The van der Waals surface area contributed by atoms with Crippen molar-refractivity contribution in [2.24, 2.45) is 0 Å². The highest BCUT2D eigenvalue weighted by Crippen LogP contribution is 2.54. The molecule has 0 amide bonds. The molecule has 36 heavy (non-hydrogen) atoms. The van der Waals surface area contributed by atoms with Crippen molar-refractivity contribution in [2.75, 3.05) is 5.32 Å². The second-order valence-corrected chi connectivity index (χ2v) is 12.8. The van der Waals surface area contributed by atoms with E-state index in [0.717, 1.165) is 31.9 Å². The largest absolute Gasteiger partial charge is 0.330 e. The third kappa shape index (κ3) is 4.49. The van der Waals surface area contributed by atoms with Crippen LogP contribution in [0.15, 0.2) is 100 Å². The Kier molecular flexibility index (Phi) is 6.18. The lowest BCUT2D eigenvalue weighted by atomic mass is 10.1. The molecule has 0 aliphatic heterocycles. The van der Waals surface area contributed by atoms with Gasteiger partial charge in [-0.15, -0.1) is 10.2 Å². The van der Waals surface area contributed by atoms with Crippen LogP contribution in [-0.2, 0) is 10.0 Å². The molecule has 0 fully saturated rings. The van der Waals surface area contributed by atoms with Gasteiger partial charge in [-0.3, -0.25) is 0 Å². The topological polar surface area (TPSA) is 84.0 Å². The van der Waals surface area contributed by atoms with E-state index in [9.17, 15) is 8.42 Å². The van der Waals surface area contributed by atoms with Crippen molar-refractivity contribution in [1.29, 1.82) is 0 Å². The Bertz CT molecular complexity index is 1650. The number of nitrogens with one attached hydrogen (secondary N) is 2. The number of aromatic nitrogens is 2. The zero-order valence-electron chi connectivity index (χ0n) is 18.6. The maximum atomic E-state index is 13.4. The Morgan fingerprint density at radius 3 is 2.31 bits per heavy atom. The molecule has 2 N–H and O–H groups in total. The Hall–Kier alpha value is -2.95. The van der Waals surface area contributed by atoms with Crippen molar-refractivity contribution in [3.05, 3.63) is 107 Å². The molecule has 2 atom stereocenters. The molecule has 1 aliphatic rings. The molecule has 0 saturated carbocycles. The molecule has 0 spiro atoms. The smallest absolute Gasteiger partial charge is 0.241 e. The normalized spacial score (nSPS) is 16.9. The van der Waals surface area contributed by atoms with E-state index in [-0.39, 0.29) is 10.1 Å². The minimum atomic E-state index is -3.80. The van der Waals surface area contributed by atoms with Crippen molar-refractivity contribution in [3.63, 3.8) is 0 Å². The number of hydrogen-bond acceptors (Lipinski definition) is 7. The van der Waals surface area contributed by atoms with Crippen LogP contribution >= 0.6 is 34.7 Å². The first kappa shape index (κ1) is 23.4. The van der Waals surface area contributed by atoms with Gasteiger partial charge in [0, 0.05) is 10.7 Å². The average Bonchev–Trinajstić information content (AvgIpc) is 3.44. The van der Waals surface area contributed by atoms with Crippen LogP contribution in [0.5, 0.6) is 0 Å². The number of benzene rings is 4. The quantitative estimate of drug-likeness (QED) is 0.228. The fourth-order valence-corrected chi connectivity index (χ4v) is 8.06. The monoisotopic (exact) mass is 550 g/mol. The number of sulfonamides is 1. The number of rotatable bonds is 7. The van der Waals surface area contributed by atoms with Crippen molar-refractivity contribution in [2.45, 2.75) is 20.5 Å². The predicted octanol–water partition coefficient (Wildman–Crippen LogP) is 6.95. The molecule has 1 heterocycles. The van der Waals surface area contributed by atoms with E-state index in [1.807, 2.05) is 60.7 Å². The Labute approximate surface area is 221 Å². The maximum Gasteiger partial charge on any atom is 0.241 e. The van der Waals surface area contributed by atoms with Crippen LogP contribution < -0.4 is 10.0 Å². The molecular formula is C26H19ClN4O2S3. The van der Waals surface area contributed by atoms with Gasteiger partial charge in [-0.05, 0) is 58.3 Å². The average molecular weight is 551 g/mol. The second kappa shape index (κ2) is 9.49. The molecule has 10 heteroatoms. The van der Waals surface area contributed by atoms with Gasteiger partial charge in [-0.2, -0.15) is 0 Å². The SMILES string of the molecule is O=S(=O)(N[C@H]1c2cccc3cccc(c23)[C@H]1Sc1nnc(Nc2ccccc2)s1)c1ccc(Cl)cc1. The minimum Gasteiger partial charge on any atom is -0.330 e. The Balaban J connectivity index is 1.34. The van der Waals surface area contributed by atoms with Gasteiger partial charge in [0.05, 0.1) is 16.2 Å². The van der Waals surface area contributed by atoms with Crippen LogP contribution in [0, 0.1) is 0 Å². The lowest BCUT2D eigenvalue weighted by Gasteiger charge is -2.22. The molecule has 180 valence electrons. The molecule has 0 bridgehead atoms. The number of hydrogen-bond donors (Lipinski definition) is 2. The summed E-state index contributed by atoms with van der Waals surface area (Å²) in [5, 5.41) is 15.0. The summed E-state index contributed by atoms with van der Waals surface area (Å²) in [7, 11) is -3.80. The number of anilines is 2. The summed E-state index contributed by atoms with van der Waals surface area (Å²) >= 11 is 8.93. The van der Waals surface area contributed by atoms with Gasteiger partial charge >= 0.3 is 0 Å². The molecule has 6 nitrogen and oxygen atoms in total. The van der Waals surface area contributed by atoms with Crippen molar-refractivity contribution >= 4 is 66.3 Å². The maximum absolute atomic E-state index is 13.4. The highest BCUT2D eigenvalue weighted by molar-refractivity contribution is 8.01. The van der Waals surface area contributed by atoms with E-state index < -0.39 is 16.1 Å². The van der Waals surface area contributed by atoms with Crippen LogP contribution in [0.25, 0.3) is 10.8 Å². The third-order valence-corrected chi connectivity index (χ3v) is 9.92. The Morgan fingerprint density at radius 2 is 1.56 bits per heavy atom. The lowest BCUT2D eigenvalue weighted by molar-refractivity contribution is 0.557. The van der Waals surface area contributed by atoms with Gasteiger partial charge in [-0.1, -0.05) is 89.3 Å². The molecule has 4 aromatic carbocycles. The molecule has 1 aromatic heterocycles. The summed E-state index contributed by atoms with van der Waals surface area (Å²) in [6.45, 7) is 0. The van der Waals surface area contributed by atoms with E-state index in [4.69, 9.17) is 11.6 Å². The first-order chi connectivity index (χ1) is 17.5. The summed E-state index contributed by atoms with van der Waals surface area (Å²) in [4.78, 5) is 0.170. The number of para-hydroxylation sites is 1. The standard InChI is InChI=1S/C26H19ClN4O2S3/c27-17-12-14-19(15-13-17)36(32,33)31-23-20-10-4-6-16-7-5-11-21(22(16)20)24(23)34-26-30-29-25(35-26)28-18-8-2-1-3-9-18/h1-15,23-24,31H,(H,28,29)/t23-,24+/m0/s1. The Morgan fingerprint density at radius 1 is 0.833 bits per heavy atom. The third-order valence-electron chi connectivity index (χ3n) is 5.98. The van der Waals surface area contributed by atoms with Crippen molar-refractivity contribution in [1.82, 2.24) is 14.9 Å². The van der Waals surface area contributed by atoms with Crippen LogP contribution in [-0.4, -0.2) is 18.6 Å². The van der Waals surface area contributed by atoms with E-state index in [0.29, 0.717) is 10.2 Å². The molecular weight excluding hydrogens is 532 g/mol. The highest BCUT2D eigenvalue weighted by Gasteiger charge is 2.38. The number of thioether (sulfide) groups is 1. The first-order valence-corrected chi connectivity index (χ1v) is 14.7. The van der Waals surface area contributed by atoms with Gasteiger partial charge < -0.3 is 5.32 Å². The van der Waals surface area contributed by atoms with Gasteiger partial charge in [-0.25, -0.2) is 13.1 Å². The predicted molar refractivity (Wildman–Crippen MR) is 147 cm³/mol. The first-order valence-electron chi connectivity index (χ1n) is 11.1. The summed E-state index contributed by atoms with van der Waals surface area (Å²) < 4.78 is 30.5. The molecule has 5 aromatic rings. The van der Waals surface area contributed by atoms with Gasteiger partial charge in [0.25, 0.3) is 0 Å². The molecule has 6 rings (SSSR count). The van der Waals surface area contributed by atoms with Gasteiger partial charge in [0.15, 0.2) is 4.34 Å². The zero-order chi connectivity index (χ0) is 24.7. The van der Waals surface area contributed by atoms with E-state index in [1.54, 1.807) is 12.1 Å². The van der Waals surface area contributed by atoms with Gasteiger partial charge in [0.2, 0.25) is 15.2 Å². The van der Waals surface area contributed by atoms with E-state index >= 15 is 0 Å². The molecule has 0 saturated heterocycles. The highest BCUT2D eigenvalue weighted by atomic mass is 35.5. The minimum absolute atomic E-state index is 0.170. The lowest BCUT2D eigenvalue weighted by Crippen LogP contribution is -2.29. The zero-order valence-corrected chi connectivity index (χ0v) is 21.8. The second-order valence-electron chi connectivity index (χ2n) is 8.25. The van der Waals surface area contributed by atoms with Crippen molar-refractivity contribution in [3.8, 4) is 0 Å². The van der Waals surface area contributed by atoms with Crippen LogP contribution in [0.3, 0.4) is 0 Å². The molecule has 1 aliphatic carbocycles. The summed E-state index contributed by atoms with van der Waals surface area (Å²) in [5.41, 5.74) is 2.95. The molecule has 0 unspecified atom stereocenters. The van der Waals surface area contributed by atoms with Crippen LogP contribution in [0.4, 0.5) is 10.8 Å². The van der Waals surface area contributed by atoms with Crippen molar-refractivity contribution < 1.29 is 8.42 Å². The van der Waals surface area contributed by atoms with Gasteiger partial charge in [0.1, 0.15) is 0 Å². The van der Waals surface area contributed by atoms with Crippen LogP contribution in [0.2, 0.25) is 5.02 Å². The fraction of sp³-hybridized carbons (Fsp3) is 0.0769. The molecule has 0 radical (unpaired) electrons. The summed E-state index contributed by atoms with van der Waals surface area (Å²) in [5.74, 6) is 0. The number of nitrogens with zero attached hydrogens (tertiary/aromatic N) is 2. The van der Waals surface area contributed by atoms with E-state index in [1.165, 1.54) is 35.2 Å². The summed E-state index contributed by atoms with van der Waals surface area (Å²) in [6.07, 6.45) is 0. The van der Waals surface area contributed by atoms with E-state index in [2.05, 4.69) is 26.3 Å². The fourth-order valence-electron chi connectivity index (χ4n) is 4.41. The number of halogens is 1. The van der Waals surface area contributed by atoms with Crippen LogP contribution in [0.1, 0.15) is 22.4 Å².